The molecule has 0 spiro atoms. The molecule has 0 aliphatic carbocycles. The largest absolute Gasteiger partial charge is 0.481 e. The zero-order chi connectivity index (χ0) is 24.9. The van der Waals surface area contributed by atoms with Crippen LogP contribution in [0.15, 0.2) is 72.8 Å². The lowest BCUT2D eigenvalue weighted by molar-refractivity contribution is -0.134. The molecule has 1 amide bonds. The van der Waals surface area contributed by atoms with Crippen LogP contribution in [-0.4, -0.2) is 54.8 Å². The minimum absolute atomic E-state index is 0.0458. The van der Waals surface area contributed by atoms with Crippen LogP contribution in [0.3, 0.4) is 0 Å². The van der Waals surface area contributed by atoms with Gasteiger partial charge in [-0.25, -0.2) is 9.40 Å². The topological polar surface area (TPSA) is 54.0 Å². The molecule has 1 N–H and O–H groups in total. The van der Waals surface area contributed by atoms with Gasteiger partial charge in [0.25, 0.3) is 5.91 Å². The lowest BCUT2D eigenvalue weighted by Crippen LogP contribution is -2.51. The van der Waals surface area contributed by atoms with Crippen LogP contribution < -0.4 is 10.2 Å². The third-order valence-corrected chi connectivity index (χ3v) is 6.85. The molecule has 2 heterocycles. The molecule has 6 nitrogen and oxygen atoms in total. The zero-order valence-corrected chi connectivity index (χ0v) is 20.5. The Hall–Kier alpha value is -3.26. The summed E-state index contributed by atoms with van der Waals surface area (Å²) >= 11 is 0. The molecule has 5 rings (SSSR count). The predicted octanol–water partition coefficient (Wildman–Crippen LogP) is 4.10. The quantitative estimate of drug-likeness (QED) is 0.542. The number of hydrogen-bond acceptors (Lipinski definition) is 5. The summed E-state index contributed by atoms with van der Waals surface area (Å²) in [6.45, 7) is 5.61. The fourth-order valence-electron chi connectivity index (χ4n) is 4.94. The first kappa shape index (κ1) is 24.4. The summed E-state index contributed by atoms with van der Waals surface area (Å²) in [7, 11) is 0. The second-order valence-electron chi connectivity index (χ2n) is 9.32. The van der Waals surface area contributed by atoms with Gasteiger partial charge in [0.15, 0.2) is 6.10 Å². The van der Waals surface area contributed by atoms with Gasteiger partial charge in [0.2, 0.25) is 0 Å². The molecule has 2 unspecified atom stereocenters. The second kappa shape index (κ2) is 11.2. The average Bonchev–Trinajstić information content (AvgIpc) is 2.91. The van der Waals surface area contributed by atoms with Gasteiger partial charge < -0.3 is 9.47 Å². The third-order valence-electron chi connectivity index (χ3n) is 6.85. The van der Waals surface area contributed by atoms with E-state index >= 15 is 0 Å². The highest BCUT2D eigenvalue weighted by Crippen LogP contribution is 2.38. The van der Waals surface area contributed by atoms with Gasteiger partial charge >= 0.3 is 0 Å². The van der Waals surface area contributed by atoms with E-state index in [1.165, 1.54) is 11.6 Å². The number of rotatable bonds is 7. The number of carbonyl (C=O) groups is 1. The van der Waals surface area contributed by atoms with Crippen LogP contribution in [0.5, 0.6) is 5.75 Å². The minimum Gasteiger partial charge on any atom is -0.481 e. The Kier molecular flexibility index (Phi) is 7.60. The van der Waals surface area contributed by atoms with Crippen LogP contribution in [-0.2, 0) is 22.5 Å². The average molecular weight is 490 g/mol. The summed E-state index contributed by atoms with van der Waals surface area (Å²) in [5, 5.41) is 1.87. The van der Waals surface area contributed by atoms with Crippen molar-refractivity contribution in [2.45, 2.75) is 32.0 Å². The number of carbonyl (C=O) groups excluding carboxylic acids is 1. The van der Waals surface area contributed by atoms with E-state index < -0.39 is 6.10 Å². The van der Waals surface area contributed by atoms with Crippen molar-refractivity contribution < 1.29 is 18.7 Å². The van der Waals surface area contributed by atoms with Crippen molar-refractivity contribution in [1.82, 2.24) is 15.3 Å². The number of hydrazine groups is 1. The second-order valence-corrected chi connectivity index (χ2v) is 9.32. The molecule has 188 valence electrons. The number of benzene rings is 3. The summed E-state index contributed by atoms with van der Waals surface area (Å²) in [6.07, 6.45) is 0.208. The van der Waals surface area contributed by atoms with E-state index in [0.29, 0.717) is 44.2 Å². The molecule has 36 heavy (non-hydrogen) atoms. The van der Waals surface area contributed by atoms with Gasteiger partial charge in [-0.3, -0.25) is 15.1 Å². The summed E-state index contributed by atoms with van der Waals surface area (Å²) in [4.78, 5) is 15.0. The van der Waals surface area contributed by atoms with E-state index in [-0.39, 0.29) is 17.8 Å². The fourth-order valence-corrected chi connectivity index (χ4v) is 4.94. The van der Waals surface area contributed by atoms with Crippen LogP contribution in [0.25, 0.3) is 0 Å². The molecular weight excluding hydrogens is 457 g/mol. The van der Waals surface area contributed by atoms with Crippen molar-refractivity contribution in [2.24, 2.45) is 0 Å². The molecule has 7 heteroatoms. The summed E-state index contributed by atoms with van der Waals surface area (Å²) in [5.74, 6) is 0.273. The molecule has 1 fully saturated rings. The van der Waals surface area contributed by atoms with Crippen LogP contribution >= 0.6 is 0 Å². The van der Waals surface area contributed by atoms with E-state index in [4.69, 9.17) is 9.47 Å². The number of fused-ring (bicyclic) bond motifs is 1. The molecule has 3 aromatic rings. The maximum Gasteiger partial charge on any atom is 0.275 e. The molecular formula is C29H32FN3O3. The van der Waals surface area contributed by atoms with E-state index in [9.17, 15) is 9.18 Å². The van der Waals surface area contributed by atoms with E-state index in [1.54, 1.807) is 13.0 Å². The Morgan fingerprint density at radius 3 is 2.58 bits per heavy atom. The first-order valence-corrected chi connectivity index (χ1v) is 12.5. The molecule has 3 aromatic carbocycles. The molecule has 0 aromatic heterocycles. The number of nitrogens with one attached hydrogen (secondary N) is 1. The Bertz CT molecular complexity index is 1180. The maximum absolute atomic E-state index is 14.5. The lowest BCUT2D eigenvalue weighted by atomic mass is 9.87. The SMILES string of the molecule is CC(Oc1ccc2c(c1)C(c1ccccc1)N(Cc1ccccc1F)CC2)C(=O)NN1CCOCC1. The molecule has 0 bridgehead atoms. The Labute approximate surface area is 211 Å². The molecule has 1 saturated heterocycles. The van der Waals surface area contributed by atoms with Gasteiger partial charge in [-0.15, -0.1) is 0 Å². The smallest absolute Gasteiger partial charge is 0.275 e. The van der Waals surface area contributed by atoms with Crippen LogP contribution in [0.2, 0.25) is 0 Å². The summed E-state index contributed by atoms with van der Waals surface area (Å²) < 4.78 is 26.0. The number of hydrogen-bond donors (Lipinski definition) is 1. The molecule has 2 aliphatic rings. The molecule has 2 aliphatic heterocycles. The number of amides is 1. The first-order chi connectivity index (χ1) is 17.6. The maximum atomic E-state index is 14.5. The monoisotopic (exact) mass is 489 g/mol. The van der Waals surface area contributed by atoms with Crippen molar-refractivity contribution in [1.29, 1.82) is 0 Å². The van der Waals surface area contributed by atoms with Gasteiger partial charge in [0.1, 0.15) is 11.6 Å². The van der Waals surface area contributed by atoms with Gasteiger partial charge in [-0.1, -0.05) is 54.6 Å². The van der Waals surface area contributed by atoms with Crippen LogP contribution in [0, 0.1) is 5.82 Å². The van der Waals surface area contributed by atoms with Gasteiger partial charge in [0, 0.05) is 31.7 Å². The highest BCUT2D eigenvalue weighted by Gasteiger charge is 2.30. The molecule has 0 saturated carbocycles. The standard InChI is InChI=1S/C29H32FN3O3/c1-21(29(34)31-33-15-17-35-18-16-33)36-25-12-11-22-13-14-32(20-24-9-5-6-10-27(24)30)28(26(22)19-25)23-7-3-2-4-8-23/h2-12,19,21,28H,13-18,20H2,1H3,(H,31,34). The van der Waals surface area contributed by atoms with Crippen molar-refractivity contribution in [3.05, 3.63) is 101 Å². The first-order valence-electron chi connectivity index (χ1n) is 12.5. The van der Waals surface area contributed by atoms with Gasteiger partial charge in [-0.05, 0) is 48.2 Å². The fraction of sp³-hybridized carbons (Fsp3) is 0.345. The van der Waals surface area contributed by atoms with Gasteiger partial charge in [-0.2, -0.15) is 0 Å². The Balaban J connectivity index is 1.38. The highest BCUT2D eigenvalue weighted by molar-refractivity contribution is 5.80. The number of halogens is 1. The van der Waals surface area contributed by atoms with E-state index in [0.717, 1.165) is 24.1 Å². The van der Waals surface area contributed by atoms with Crippen LogP contribution in [0.1, 0.15) is 35.2 Å². The lowest BCUT2D eigenvalue weighted by Gasteiger charge is -2.38. The summed E-state index contributed by atoms with van der Waals surface area (Å²) in [5.41, 5.74) is 7.12. The number of morpholine rings is 1. The van der Waals surface area contributed by atoms with Crippen LogP contribution in [0.4, 0.5) is 4.39 Å². The normalized spacial score (nSPS) is 19.3. The number of nitrogens with zero attached hydrogens (tertiary/aromatic N) is 2. The zero-order valence-electron chi connectivity index (χ0n) is 20.5. The van der Waals surface area contributed by atoms with Crippen molar-refractivity contribution in [3.63, 3.8) is 0 Å². The summed E-state index contributed by atoms with van der Waals surface area (Å²) in [6, 6.07) is 23.3. The Morgan fingerprint density at radius 2 is 1.81 bits per heavy atom. The molecule has 0 radical (unpaired) electrons. The van der Waals surface area contributed by atoms with Crippen molar-refractivity contribution >= 4 is 5.91 Å². The van der Waals surface area contributed by atoms with E-state index in [1.807, 2.05) is 47.5 Å². The number of ether oxygens (including phenoxy) is 2. The minimum atomic E-state index is -0.654. The predicted molar refractivity (Wildman–Crippen MR) is 136 cm³/mol. The van der Waals surface area contributed by atoms with E-state index in [2.05, 4.69) is 28.5 Å². The molecule has 2 atom stereocenters. The highest BCUT2D eigenvalue weighted by atomic mass is 19.1. The Morgan fingerprint density at radius 1 is 1.06 bits per heavy atom. The van der Waals surface area contributed by atoms with Gasteiger partial charge in [0.05, 0.1) is 19.3 Å². The van der Waals surface area contributed by atoms with Crippen molar-refractivity contribution in [3.8, 4) is 5.75 Å². The van der Waals surface area contributed by atoms with Crippen molar-refractivity contribution in [2.75, 3.05) is 32.8 Å². The third kappa shape index (κ3) is 5.59.